The van der Waals surface area contributed by atoms with E-state index in [1.807, 2.05) is 20.8 Å². The summed E-state index contributed by atoms with van der Waals surface area (Å²) in [7, 11) is 0. The molecule has 3 rings (SSSR count). The zero-order chi connectivity index (χ0) is 16.8. The first kappa shape index (κ1) is 17.2. The molecule has 6 heteroatoms. The van der Waals surface area contributed by atoms with Crippen LogP contribution >= 0.6 is 11.6 Å². The molecule has 0 atom stereocenters. The van der Waals surface area contributed by atoms with Crippen LogP contribution < -0.4 is 10.6 Å². The van der Waals surface area contributed by atoms with Crippen LogP contribution in [0, 0.1) is 6.92 Å². The Morgan fingerprint density at radius 1 is 1.22 bits per heavy atom. The van der Waals surface area contributed by atoms with Gasteiger partial charge in [0.25, 0.3) is 5.91 Å². The minimum Gasteiger partial charge on any atom is -0.367 e. The van der Waals surface area contributed by atoms with Crippen LogP contribution in [0.1, 0.15) is 42.6 Å². The van der Waals surface area contributed by atoms with Crippen LogP contribution in [0.4, 0.5) is 11.5 Å². The highest BCUT2D eigenvalue weighted by molar-refractivity contribution is 6.33. The van der Waals surface area contributed by atoms with Gasteiger partial charge < -0.3 is 10.6 Å². The Bertz CT molecular complexity index is 666. The number of rotatable bonds is 4. The van der Waals surface area contributed by atoms with Crippen molar-refractivity contribution in [2.45, 2.75) is 39.7 Å². The van der Waals surface area contributed by atoms with E-state index in [2.05, 4.69) is 20.6 Å². The van der Waals surface area contributed by atoms with E-state index in [0.29, 0.717) is 23.1 Å². The monoisotopic (exact) mass is 332 g/mol. The molecule has 122 valence electrons. The smallest absolute Gasteiger partial charge is 0.259 e. The molecular weight excluding hydrogens is 312 g/mol. The lowest BCUT2D eigenvalue weighted by molar-refractivity contribution is 0.102. The second kappa shape index (κ2) is 7.92. The van der Waals surface area contributed by atoms with Gasteiger partial charge in [0, 0.05) is 18.4 Å². The van der Waals surface area contributed by atoms with Crippen molar-refractivity contribution in [2.75, 3.05) is 10.6 Å². The van der Waals surface area contributed by atoms with Crippen molar-refractivity contribution in [1.29, 1.82) is 0 Å². The molecule has 5 nitrogen and oxygen atoms in total. The predicted molar refractivity (Wildman–Crippen MR) is 94.2 cm³/mol. The molecule has 1 amide bonds. The number of pyridine rings is 2. The van der Waals surface area contributed by atoms with Crippen molar-refractivity contribution in [1.82, 2.24) is 9.97 Å². The van der Waals surface area contributed by atoms with Gasteiger partial charge in [0.2, 0.25) is 0 Å². The number of aryl methyl sites for hydroxylation is 1. The van der Waals surface area contributed by atoms with Gasteiger partial charge in [-0.15, -0.1) is 0 Å². The van der Waals surface area contributed by atoms with Gasteiger partial charge >= 0.3 is 0 Å². The molecule has 0 saturated heterocycles. The first-order valence-electron chi connectivity index (χ1n) is 7.79. The molecule has 23 heavy (non-hydrogen) atoms. The molecule has 0 unspecified atom stereocenters. The molecule has 0 bridgehead atoms. The van der Waals surface area contributed by atoms with Crippen molar-refractivity contribution >= 4 is 29.0 Å². The van der Waals surface area contributed by atoms with Gasteiger partial charge in [0.15, 0.2) is 5.15 Å². The Labute approximate surface area is 141 Å². The summed E-state index contributed by atoms with van der Waals surface area (Å²) < 4.78 is 0. The summed E-state index contributed by atoms with van der Waals surface area (Å²) in [5.74, 6) is 0.361. The van der Waals surface area contributed by atoms with Gasteiger partial charge in [-0.25, -0.2) is 9.97 Å². The maximum Gasteiger partial charge on any atom is 0.259 e. The Kier molecular flexibility index (Phi) is 5.93. The topological polar surface area (TPSA) is 66.9 Å². The van der Waals surface area contributed by atoms with E-state index in [4.69, 9.17) is 11.6 Å². The van der Waals surface area contributed by atoms with E-state index in [9.17, 15) is 4.79 Å². The number of anilines is 2. The van der Waals surface area contributed by atoms with Crippen LogP contribution in [0.2, 0.25) is 5.15 Å². The summed E-state index contributed by atoms with van der Waals surface area (Å²) in [6.07, 6.45) is 5.51. The lowest BCUT2D eigenvalue weighted by Gasteiger charge is -2.12. The first-order valence-corrected chi connectivity index (χ1v) is 8.17. The quantitative estimate of drug-likeness (QED) is 0.819. The Hall–Kier alpha value is -2.14. The van der Waals surface area contributed by atoms with Crippen LogP contribution in [-0.4, -0.2) is 21.9 Å². The molecule has 2 aromatic rings. The lowest BCUT2D eigenvalue weighted by Crippen LogP contribution is -2.17. The summed E-state index contributed by atoms with van der Waals surface area (Å²) in [4.78, 5) is 20.7. The highest BCUT2D eigenvalue weighted by atomic mass is 35.5. The number of carbonyl (C=O) groups excluding carboxylic acids is 1. The SMILES string of the molecule is CC.Cc1ccnc(Cl)c1NC(=O)c1cccnc1NC1CC1. The predicted octanol–water partition coefficient (Wildman–Crippen LogP) is 4.29. The number of aromatic nitrogens is 2. The van der Waals surface area contributed by atoms with Crippen molar-refractivity contribution in [3.05, 3.63) is 46.9 Å². The average molecular weight is 333 g/mol. The minimum atomic E-state index is -0.246. The van der Waals surface area contributed by atoms with Gasteiger partial charge in [-0.05, 0) is 43.5 Å². The van der Waals surface area contributed by atoms with Gasteiger partial charge in [-0.1, -0.05) is 25.4 Å². The van der Waals surface area contributed by atoms with E-state index in [0.717, 1.165) is 18.4 Å². The molecule has 0 aliphatic heterocycles. The van der Waals surface area contributed by atoms with Crippen LogP contribution in [-0.2, 0) is 0 Å². The molecule has 1 saturated carbocycles. The van der Waals surface area contributed by atoms with E-state index in [-0.39, 0.29) is 11.1 Å². The normalized spacial score (nSPS) is 12.9. The third-order valence-corrected chi connectivity index (χ3v) is 3.61. The Morgan fingerprint density at radius 2 is 1.96 bits per heavy atom. The van der Waals surface area contributed by atoms with E-state index >= 15 is 0 Å². The maximum absolute atomic E-state index is 12.5. The van der Waals surface area contributed by atoms with Crippen LogP contribution in [0.5, 0.6) is 0 Å². The molecule has 2 heterocycles. The van der Waals surface area contributed by atoms with E-state index in [1.165, 1.54) is 0 Å². The second-order valence-corrected chi connectivity index (χ2v) is 5.42. The summed E-state index contributed by atoms with van der Waals surface area (Å²) in [6.45, 7) is 5.87. The molecular formula is C17H21ClN4O. The number of hydrogen-bond donors (Lipinski definition) is 2. The van der Waals surface area contributed by atoms with Gasteiger partial charge in [-0.2, -0.15) is 0 Å². The molecule has 2 aromatic heterocycles. The first-order chi connectivity index (χ1) is 11.1. The summed E-state index contributed by atoms with van der Waals surface area (Å²) in [6, 6.07) is 5.71. The largest absolute Gasteiger partial charge is 0.367 e. The van der Waals surface area contributed by atoms with Crippen molar-refractivity contribution in [3.63, 3.8) is 0 Å². The second-order valence-electron chi connectivity index (χ2n) is 5.07. The van der Waals surface area contributed by atoms with Crippen LogP contribution in [0.15, 0.2) is 30.6 Å². The molecule has 0 aromatic carbocycles. The van der Waals surface area contributed by atoms with Crippen LogP contribution in [0.3, 0.4) is 0 Å². The highest BCUT2D eigenvalue weighted by Crippen LogP contribution is 2.27. The fraction of sp³-hybridized carbons (Fsp3) is 0.353. The lowest BCUT2D eigenvalue weighted by atomic mass is 10.2. The van der Waals surface area contributed by atoms with Crippen molar-refractivity contribution in [3.8, 4) is 0 Å². The van der Waals surface area contributed by atoms with E-state index in [1.54, 1.807) is 30.6 Å². The zero-order valence-electron chi connectivity index (χ0n) is 13.6. The van der Waals surface area contributed by atoms with E-state index < -0.39 is 0 Å². The molecule has 1 fully saturated rings. The molecule has 1 aliphatic rings. The van der Waals surface area contributed by atoms with Gasteiger partial charge in [0.05, 0.1) is 11.3 Å². The van der Waals surface area contributed by atoms with Gasteiger partial charge in [-0.3, -0.25) is 4.79 Å². The minimum absolute atomic E-state index is 0.246. The number of nitrogens with zero attached hydrogens (tertiary/aromatic N) is 2. The number of carbonyl (C=O) groups is 1. The number of nitrogens with one attached hydrogen (secondary N) is 2. The highest BCUT2D eigenvalue weighted by Gasteiger charge is 2.24. The van der Waals surface area contributed by atoms with Crippen LogP contribution in [0.25, 0.3) is 0 Å². The molecule has 2 N–H and O–H groups in total. The summed E-state index contributed by atoms with van der Waals surface area (Å²) >= 11 is 6.04. The molecule has 0 spiro atoms. The number of amides is 1. The fourth-order valence-corrected chi connectivity index (χ4v) is 2.23. The Morgan fingerprint density at radius 3 is 2.61 bits per heavy atom. The van der Waals surface area contributed by atoms with Crippen molar-refractivity contribution < 1.29 is 4.79 Å². The summed E-state index contributed by atoms with van der Waals surface area (Å²) in [5, 5.41) is 6.36. The third kappa shape index (κ3) is 4.42. The van der Waals surface area contributed by atoms with Gasteiger partial charge in [0.1, 0.15) is 5.82 Å². The zero-order valence-corrected chi connectivity index (χ0v) is 14.3. The standard InChI is InChI=1S/C15H15ClN4O.C2H6/c1-9-6-8-17-13(16)12(9)20-15(21)11-3-2-7-18-14(11)19-10-4-5-10;1-2/h2-3,6-8,10H,4-5H2,1H3,(H,18,19)(H,20,21);1-2H3. The number of hydrogen-bond acceptors (Lipinski definition) is 4. The molecule has 1 aliphatic carbocycles. The summed E-state index contributed by atoms with van der Waals surface area (Å²) in [5.41, 5.74) is 1.90. The maximum atomic E-state index is 12.5. The fourth-order valence-electron chi connectivity index (χ4n) is 1.98. The number of halogens is 1. The molecule has 0 radical (unpaired) electrons. The Balaban J connectivity index is 0.000000924. The average Bonchev–Trinajstić information content (AvgIpc) is 3.37. The third-order valence-electron chi connectivity index (χ3n) is 3.32. The van der Waals surface area contributed by atoms with Crippen molar-refractivity contribution in [2.24, 2.45) is 0 Å².